The van der Waals surface area contributed by atoms with E-state index in [4.69, 9.17) is 0 Å². The summed E-state index contributed by atoms with van der Waals surface area (Å²) in [6, 6.07) is 6.40. The number of likely N-dealkylation sites (N-methyl/N-ethyl adjacent to an activating group) is 1. The third kappa shape index (κ3) is 2.97. The monoisotopic (exact) mass is 353 g/mol. The lowest BCUT2D eigenvalue weighted by Crippen LogP contribution is -2.35. The van der Waals surface area contributed by atoms with E-state index in [1.807, 2.05) is 15.6 Å². The van der Waals surface area contributed by atoms with Gasteiger partial charge in [-0.2, -0.15) is 5.10 Å². The number of carbonyl (C=O) groups excluding carboxylic acids is 1. The average Bonchev–Trinajstić information content (AvgIpc) is 3.27. The Morgan fingerprint density at radius 2 is 1.96 bits per heavy atom. The fourth-order valence-corrected chi connectivity index (χ4v) is 3.98. The SMILES string of the molecule is CC(C)n1cnc(C2CN(C)c3ccc(C(=O)N4CCCCC4)cc32)n1. The van der Waals surface area contributed by atoms with Crippen LogP contribution in [0.2, 0.25) is 0 Å². The van der Waals surface area contributed by atoms with E-state index in [0.717, 1.165) is 49.4 Å². The number of hydrogen-bond donors (Lipinski definition) is 0. The second kappa shape index (κ2) is 6.74. The largest absolute Gasteiger partial charge is 0.373 e. The van der Waals surface area contributed by atoms with Crippen LogP contribution >= 0.6 is 0 Å². The lowest BCUT2D eigenvalue weighted by Gasteiger charge is -2.27. The zero-order chi connectivity index (χ0) is 18.3. The van der Waals surface area contributed by atoms with Crippen molar-refractivity contribution in [2.45, 2.75) is 45.1 Å². The molecule has 6 heteroatoms. The topological polar surface area (TPSA) is 54.3 Å². The van der Waals surface area contributed by atoms with Crippen molar-refractivity contribution in [3.8, 4) is 0 Å². The maximum absolute atomic E-state index is 12.9. The van der Waals surface area contributed by atoms with E-state index in [0.29, 0.717) is 6.04 Å². The van der Waals surface area contributed by atoms with Gasteiger partial charge in [0.25, 0.3) is 5.91 Å². The van der Waals surface area contributed by atoms with E-state index < -0.39 is 0 Å². The quantitative estimate of drug-likeness (QED) is 0.851. The summed E-state index contributed by atoms with van der Waals surface area (Å²) in [7, 11) is 2.09. The number of piperidine rings is 1. The Balaban J connectivity index is 1.65. The van der Waals surface area contributed by atoms with Crippen molar-refractivity contribution in [1.82, 2.24) is 19.7 Å². The molecule has 138 valence electrons. The van der Waals surface area contributed by atoms with Crippen LogP contribution in [0, 0.1) is 0 Å². The van der Waals surface area contributed by atoms with Gasteiger partial charge in [0.1, 0.15) is 6.33 Å². The zero-order valence-corrected chi connectivity index (χ0v) is 15.9. The zero-order valence-electron chi connectivity index (χ0n) is 15.9. The molecule has 1 saturated heterocycles. The molecule has 1 fully saturated rings. The first kappa shape index (κ1) is 17.1. The molecule has 0 N–H and O–H groups in total. The number of carbonyl (C=O) groups is 1. The number of likely N-dealkylation sites (tertiary alicyclic amines) is 1. The number of rotatable bonds is 3. The molecule has 2 aliphatic rings. The first-order valence-corrected chi connectivity index (χ1v) is 9.60. The molecular formula is C20H27N5O. The maximum Gasteiger partial charge on any atom is 0.253 e. The third-order valence-electron chi connectivity index (χ3n) is 5.53. The van der Waals surface area contributed by atoms with Gasteiger partial charge in [0.2, 0.25) is 0 Å². The van der Waals surface area contributed by atoms with E-state index in [2.05, 4.69) is 48.0 Å². The van der Waals surface area contributed by atoms with Gasteiger partial charge in [0, 0.05) is 44.0 Å². The van der Waals surface area contributed by atoms with Gasteiger partial charge in [-0.15, -0.1) is 0 Å². The predicted octanol–water partition coefficient (Wildman–Crippen LogP) is 3.07. The predicted molar refractivity (Wildman–Crippen MR) is 102 cm³/mol. The minimum absolute atomic E-state index is 0.115. The first-order valence-electron chi connectivity index (χ1n) is 9.60. The lowest BCUT2D eigenvalue weighted by molar-refractivity contribution is 0.0724. The summed E-state index contributed by atoms with van der Waals surface area (Å²) < 4.78 is 1.90. The molecule has 4 rings (SSSR count). The van der Waals surface area contributed by atoms with Gasteiger partial charge >= 0.3 is 0 Å². The number of amides is 1. The second-order valence-corrected chi connectivity index (χ2v) is 7.74. The Labute approximate surface area is 154 Å². The molecule has 0 bridgehead atoms. The molecule has 1 atom stereocenters. The number of fused-ring (bicyclic) bond motifs is 1. The number of benzene rings is 1. The van der Waals surface area contributed by atoms with Crippen LogP contribution in [0.3, 0.4) is 0 Å². The van der Waals surface area contributed by atoms with Crippen LogP contribution in [-0.2, 0) is 0 Å². The van der Waals surface area contributed by atoms with E-state index in [1.54, 1.807) is 6.33 Å². The van der Waals surface area contributed by atoms with Crippen LogP contribution in [0.5, 0.6) is 0 Å². The first-order chi connectivity index (χ1) is 12.5. The number of aromatic nitrogens is 3. The molecule has 0 radical (unpaired) electrons. The summed E-state index contributed by atoms with van der Waals surface area (Å²) in [5.74, 6) is 1.11. The van der Waals surface area contributed by atoms with Crippen LogP contribution in [0.15, 0.2) is 24.5 Å². The highest BCUT2D eigenvalue weighted by atomic mass is 16.2. The molecule has 0 aliphatic carbocycles. The van der Waals surface area contributed by atoms with Crippen LogP contribution in [-0.4, -0.2) is 52.3 Å². The van der Waals surface area contributed by atoms with Gasteiger partial charge in [-0.25, -0.2) is 4.98 Å². The van der Waals surface area contributed by atoms with Crippen molar-refractivity contribution in [1.29, 1.82) is 0 Å². The van der Waals surface area contributed by atoms with E-state index in [1.165, 1.54) is 12.1 Å². The molecular weight excluding hydrogens is 326 g/mol. The fraction of sp³-hybridized carbons (Fsp3) is 0.550. The summed E-state index contributed by atoms with van der Waals surface area (Å²) in [5.41, 5.74) is 3.12. The van der Waals surface area contributed by atoms with Crippen LogP contribution in [0.4, 0.5) is 5.69 Å². The van der Waals surface area contributed by atoms with Gasteiger partial charge in [-0.05, 0) is 56.9 Å². The van der Waals surface area contributed by atoms with Gasteiger partial charge < -0.3 is 9.80 Å². The highest BCUT2D eigenvalue weighted by Crippen LogP contribution is 2.39. The molecule has 0 spiro atoms. The van der Waals surface area contributed by atoms with Crippen LogP contribution in [0.25, 0.3) is 0 Å². The smallest absolute Gasteiger partial charge is 0.253 e. The summed E-state index contributed by atoms with van der Waals surface area (Å²) in [6.45, 7) is 6.79. The molecule has 2 aliphatic heterocycles. The standard InChI is InChI=1S/C20H27N5O/c1-14(2)25-13-21-19(22-25)17-12-23(3)18-8-7-15(11-16(17)18)20(26)24-9-5-4-6-10-24/h7-8,11,13-14,17H,4-6,9-10,12H2,1-3H3. The Morgan fingerprint density at radius 1 is 1.19 bits per heavy atom. The van der Waals surface area contributed by atoms with Crippen molar-refractivity contribution in [3.63, 3.8) is 0 Å². The highest BCUT2D eigenvalue weighted by molar-refractivity contribution is 5.95. The van der Waals surface area contributed by atoms with E-state index in [-0.39, 0.29) is 11.8 Å². The Hall–Kier alpha value is -2.37. The fourth-order valence-electron chi connectivity index (χ4n) is 3.98. The van der Waals surface area contributed by atoms with Crippen molar-refractivity contribution in [2.75, 3.05) is 31.6 Å². The summed E-state index contributed by atoms with van der Waals surface area (Å²) in [5, 5.41) is 4.67. The Bertz CT molecular complexity index is 806. The van der Waals surface area contributed by atoms with Gasteiger partial charge in [0.05, 0.1) is 5.92 Å². The summed E-state index contributed by atoms with van der Waals surface area (Å²) >= 11 is 0. The molecule has 1 amide bonds. The minimum Gasteiger partial charge on any atom is -0.373 e. The Morgan fingerprint density at radius 3 is 2.65 bits per heavy atom. The van der Waals surface area contributed by atoms with Crippen LogP contribution in [0.1, 0.15) is 66.8 Å². The van der Waals surface area contributed by atoms with Crippen molar-refractivity contribution < 1.29 is 4.79 Å². The van der Waals surface area contributed by atoms with E-state index >= 15 is 0 Å². The Kier molecular flexibility index (Phi) is 4.42. The average molecular weight is 353 g/mol. The lowest BCUT2D eigenvalue weighted by atomic mass is 9.98. The number of hydrogen-bond acceptors (Lipinski definition) is 4. The second-order valence-electron chi connectivity index (χ2n) is 7.74. The van der Waals surface area contributed by atoms with Crippen LogP contribution < -0.4 is 4.90 Å². The normalized spacial score (nSPS) is 19.9. The molecule has 2 aromatic rings. The number of anilines is 1. The van der Waals surface area contributed by atoms with Crippen molar-refractivity contribution in [3.05, 3.63) is 41.5 Å². The minimum atomic E-state index is 0.115. The molecule has 6 nitrogen and oxygen atoms in total. The van der Waals surface area contributed by atoms with Gasteiger partial charge in [-0.3, -0.25) is 9.48 Å². The van der Waals surface area contributed by atoms with Gasteiger partial charge in [-0.1, -0.05) is 0 Å². The third-order valence-corrected chi connectivity index (χ3v) is 5.53. The molecule has 0 saturated carbocycles. The molecule has 3 heterocycles. The highest BCUT2D eigenvalue weighted by Gasteiger charge is 2.32. The van der Waals surface area contributed by atoms with Crippen molar-refractivity contribution >= 4 is 11.6 Å². The summed E-state index contributed by atoms with van der Waals surface area (Å²) in [4.78, 5) is 21.7. The maximum atomic E-state index is 12.9. The number of nitrogens with zero attached hydrogens (tertiary/aromatic N) is 5. The van der Waals surface area contributed by atoms with E-state index in [9.17, 15) is 4.79 Å². The molecule has 1 aromatic carbocycles. The summed E-state index contributed by atoms with van der Waals surface area (Å²) in [6.07, 6.45) is 5.25. The molecule has 26 heavy (non-hydrogen) atoms. The molecule has 1 unspecified atom stereocenters. The molecule has 1 aromatic heterocycles. The van der Waals surface area contributed by atoms with Crippen molar-refractivity contribution in [2.24, 2.45) is 0 Å². The van der Waals surface area contributed by atoms with Gasteiger partial charge in [0.15, 0.2) is 5.82 Å².